The molecule has 2 saturated carbocycles. The van der Waals surface area contributed by atoms with Crippen LogP contribution in [0.15, 0.2) is 48.6 Å². The fraction of sp³-hybridized carbons (Fsp3) is 0.467. The molecule has 0 N–H and O–H groups in total. The molecule has 0 amide bonds. The minimum Gasteiger partial charge on any atom is -0.206 e. The molecular weight excluding hydrogens is 455 g/mol. The van der Waals surface area contributed by atoms with Crippen molar-refractivity contribution in [1.82, 2.24) is 0 Å². The number of hydrogen-bond donors (Lipinski definition) is 0. The zero-order valence-corrected chi connectivity index (χ0v) is 20.0. The fourth-order valence-electron chi connectivity index (χ4n) is 5.87. The molecule has 0 aromatic heterocycles. The van der Waals surface area contributed by atoms with Crippen molar-refractivity contribution in [2.45, 2.75) is 70.4 Å². The van der Waals surface area contributed by atoms with E-state index in [2.05, 4.69) is 30.9 Å². The van der Waals surface area contributed by atoms with Crippen molar-refractivity contribution in [3.63, 3.8) is 0 Å². The molecular formula is C30H31F5. The molecule has 186 valence electrons. The summed E-state index contributed by atoms with van der Waals surface area (Å²) in [6, 6.07) is 7.01. The molecule has 0 spiro atoms. The second kappa shape index (κ2) is 11.0. The quantitative estimate of drug-likeness (QED) is 0.230. The summed E-state index contributed by atoms with van der Waals surface area (Å²) in [5, 5.41) is 0. The van der Waals surface area contributed by atoms with Gasteiger partial charge in [0.25, 0.3) is 0 Å². The van der Waals surface area contributed by atoms with E-state index in [-0.39, 0.29) is 17.0 Å². The van der Waals surface area contributed by atoms with E-state index >= 15 is 0 Å². The van der Waals surface area contributed by atoms with Crippen LogP contribution in [0.5, 0.6) is 0 Å². The Morgan fingerprint density at radius 1 is 0.886 bits per heavy atom. The maximum atomic E-state index is 14.8. The Morgan fingerprint density at radius 3 is 2.20 bits per heavy atom. The van der Waals surface area contributed by atoms with Crippen LogP contribution in [-0.4, -0.2) is 0 Å². The summed E-state index contributed by atoms with van der Waals surface area (Å²) in [5.74, 6) is 5.91. The Balaban J connectivity index is 1.41. The minimum atomic E-state index is -4.44. The molecule has 2 fully saturated rings. The second-order valence-electron chi connectivity index (χ2n) is 10.0. The lowest BCUT2D eigenvalue weighted by Crippen LogP contribution is -2.30. The molecule has 4 unspecified atom stereocenters. The summed E-state index contributed by atoms with van der Waals surface area (Å²) in [6.45, 7) is 2.06. The molecule has 0 bridgehead atoms. The van der Waals surface area contributed by atoms with E-state index in [1.54, 1.807) is 0 Å². The highest BCUT2D eigenvalue weighted by molar-refractivity contribution is 5.46. The number of rotatable bonds is 4. The van der Waals surface area contributed by atoms with Gasteiger partial charge in [0, 0.05) is 5.56 Å². The summed E-state index contributed by atoms with van der Waals surface area (Å²) >= 11 is 0. The van der Waals surface area contributed by atoms with E-state index in [1.165, 1.54) is 49.9 Å². The van der Waals surface area contributed by atoms with Gasteiger partial charge in [-0.1, -0.05) is 30.4 Å². The topological polar surface area (TPSA) is 0 Å². The van der Waals surface area contributed by atoms with Gasteiger partial charge in [-0.2, -0.15) is 13.2 Å². The van der Waals surface area contributed by atoms with Gasteiger partial charge in [-0.3, -0.25) is 0 Å². The zero-order chi connectivity index (χ0) is 25.0. The van der Waals surface area contributed by atoms with Crippen LogP contribution < -0.4 is 0 Å². The van der Waals surface area contributed by atoms with Crippen LogP contribution in [0.1, 0.15) is 86.5 Å². The molecule has 2 aliphatic carbocycles. The van der Waals surface area contributed by atoms with Crippen molar-refractivity contribution in [1.29, 1.82) is 0 Å². The average molecular weight is 487 g/mol. The Hall–Kier alpha value is -2.61. The normalized spacial score (nSPS) is 24.6. The van der Waals surface area contributed by atoms with E-state index < -0.39 is 23.4 Å². The molecule has 2 aliphatic rings. The van der Waals surface area contributed by atoms with Gasteiger partial charge in [0.05, 0.1) is 11.1 Å². The lowest BCUT2D eigenvalue weighted by molar-refractivity contribution is -0.137. The third-order valence-corrected chi connectivity index (χ3v) is 7.78. The predicted octanol–water partition coefficient (Wildman–Crippen LogP) is 9.04. The van der Waals surface area contributed by atoms with Gasteiger partial charge >= 0.3 is 6.18 Å². The monoisotopic (exact) mass is 486 g/mol. The van der Waals surface area contributed by atoms with Crippen molar-refractivity contribution in [3.8, 4) is 11.8 Å². The van der Waals surface area contributed by atoms with Gasteiger partial charge in [0.15, 0.2) is 0 Å². The number of fused-ring (bicyclic) bond motifs is 1. The molecule has 0 nitrogen and oxygen atoms in total. The molecule has 35 heavy (non-hydrogen) atoms. The van der Waals surface area contributed by atoms with Gasteiger partial charge in [0.1, 0.15) is 11.6 Å². The average Bonchev–Trinajstić information content (AvgIpc) is 2.83. The molecule has 0 aliphatic heterocycles. The van der Waals surface area contributed by atoms with Gasteiger partial charge < -0.3 is 0 Å². The first-order chi connectivity index (χ1) is 16.7. The molecule has 2 aromatic carbocycles. The number of alkyl halides is 3. The predicted molar refractivity (Wildman–Crippen MR) is 129 cm³/mol. The van der Waals surface area contributed by atoms with Crippen molar-refractivity contribution < 1.29 is 22.0 Å². The Morgan fingerprint density at radius 2 is 1.54 bits per heavy atom. The summed E-state index contributed by atoms with van der Waals surface area (Å²) < 4.78 is 67.7. The number of allylic oxidation sites excluding steroid dienone is 2. The smallest absolute Gasteiger partial charge is 0.206 e. The van der Waals surface area contributed by atoms with Crippen LogP contribution in [-0.2, 0) is 6.18 Å². The fourth-order valence-corrected chi connectivity index (χ4v) is 5.87. The van der Waals surface area contributed by atoms with E-state index in [9.17, 15) is 22.0 Å². The van der Waals surface area contributed by atoms with E-state index in [0.717, 1.165) is 49.7 Å². The van der Waals surface area contributed by atoms with Crippen LogP contribution in [0.4, 0.5) is 22.0 Å². The third kappa shape index (κ3) is 6.34. The summed E-state index contributed by atoms with van der Waals surface area (Å²) in [4.78, 5) is 0. The molecule has 0 heterocycles. The first kappa shape index (κ1) is 25.5. The highest BCUT2D eigenvalue weighted by atomic mass is 19.4. The second-order valence-corrected chi connectivity index (χ2v) is 10.0. The molecule has 4 atom stereocenters. The van der Waals surface area contributed by atoms with Crippen LogP contribution in [0, 0.1) is 41.2 Å². The minimum absolute atomic E-state index is 0.150. The number of halogens is 5. The molecule has 5 heteroatoms. The summed E-state index contributed by atoms with van der Waals surface area (Å²) in [5.41, 5.74) is -0.181. The molecule has 4 rings (SSSR count). The van der Waals surface area contributed by atoms with Crippen LogP contribution >= 0.6 is 0 Å². The zero-order valence-electron chi connectivity index (χ0n) is 20.0. The summed E-state index contributed by atoms with van der Waals surface area (Å²) in [7, 11) is 0. The first-order valence-electron chi connectivity index (χ1n) is 12.5. The highest BCUT2D eigenvalue weighted by Gasteiger charge is 2.36. The van der Waals surface area contributed by atoms with Gasteiger partial charge in [-0.15, -0.1) is 0 Å². The van der Waals surface area contributed by atoms with Crippen molar-refractivity contribution in [2.75, 3.05) is 0 Å². The van der Waals surface area contributed by atoms with Gasteiger partial charge in [-0.05, 0) is 118 Å². The van der Waals surface area contributed by atoms with Crippen LogP contribution in [0.2, 0.25) is 0 Å². The Bertz CT molecular complexity index is 1080. The van der Waals surface area contributed by atoms with E-state index in [1.807, 2.05) is 0 Å². The first-order valence-corrected chi connectivity index (χ1v) is 12.5. The Kier molecular flexibility index (Phi) is 7.99. The van der Waals surface area contributed by atoms with Gasteiger partial charge in [-0.25, -0.2) is 8.78 Å². The maximum absolute atomic E-state index is 14.8. The molecule has 2 aromatic rings. The largest absolute Gasteiger partial charge is 0.416 e. The maximum Gasteiger partial charge on any atom is 0.416 e. The Labute approximate surface area is 204 Å². The van der Waals surface area contributed by atoms with Crippen molar-refractivity contribution in [2.24, 2.45) is 17.8 Å². The lowest BCUT2D eigenvalue weighted by atomic mass is 9.63. The SMILES string of the molecule is C/C=C/CCC1CCC2CC(c3cc(F)c(C#Cc4ccc(C(F)(F)F)cc4)c(F)c3)CCC2C1. The standard InChI is InChI=1S/C30H31F5/c1-2-3-4-5-21-6-10-23-17-24(12-11-22(23)16-21)25-18-28(31)27(29(32)19-25)15-9-20-7-13-26(14-8-20)30(33,34)35/h2-3,7-8,13-14,18-19,21-24H,4-6,10-12,16-17H2,1H3/b3-2+. The third-order valence-electron chi connectivity index (χ3n) is 7.78. The van der Waals surface area contributed by atoms with Crippen LogP contribution in [0.25, 0.3) is 0 Å². The van der Waals surface area contributed by atoms with E-state index in [4.69, 9.17) is 0 Å². The number of hydrogen-bond acceptors (Lipinski definition) is 0. The molecule has 0 saturated heterocycles. The van der Waals surface area contributed by atoms with Crippen LogP contribution in [0.3, 0.4) is 0 Å². The lowest BCUT2D eigenvalue weighted by Gasteiger charge is -2.42. The van der Waals surface area contributed by atoms with E-state index in [0.29, 0.717) is 11.5 Å². The number of benzene rings is 2. The van der Waals surface area contributed by atoms with Gasteiger partial charge in [0.2, 0.25) is 0 Å². The summed E-state index contributed by atoms with van der Waals surface area (Å²) in [6.07, 6.45) is 9.05. The van der Waals surface area contributed by atoms with Crippen molar-refractivity contribution in [3.05, 3.63) is 82.4 Å². The highest BCUT2D eigenvalue weighted by Crippen LogP contribution is 2.48. The van der Waals surface area contributed by atoms with Crippen molar-refractivity contribution >= 4 is 0 Å². The molecule has 0 radical (unpaired) electrons.